The van der Waals surface area contributed by atoms with Crippen LogP contribution in [0.2, 0.25) is 0 Å². The van der Waals surface area contributed by atoms with Gasteiger partial charge in [-0.1, -0.05) is 200 Å². The number of aromatic nitrogens is 3. The summed E-state index contributed by atoms with van der Waals surface area (Å²) in [5.74, 6) is 0. The van der Waals surface area contributed by atoms with E-state index >= 15 is 0 Å². The quantitative estimate of drug-likeness (QED) is 0.107. The van der Waals surface area contributed by atoms with Crippen molar-refractivity contribution in [2.75, 3.05) is 0 Å². The minimum Gasteiger partial charge on any atom is -0.309 e. The molecule has 0 spiro atoms. The van der Waals surface area contributed by atoms with Crippen molar-refractivity contribution in [2.24, 2.45) is 0 Å². The molecule has 0 aliphatic rings. The molecule has 70 heavy (non-hydrogen) atoms. The van der Waals surface area contributed by atoms with Gasteiger partial charge in [0.1, 0.15) is 0 Å². The highest BCUT2D eigenvalue weighted by atomic mass is 28.3. The average molecular weight is 908 g/mol. The first-order valence-corrected chi connectivity index (χ1v) is 26.2. The highest BCUT2D eigenvalue weighted by molar-refractivity contribution is 7.19. The molecular formula is C66H45N3Si. The summed E-state index contributed by atoms with van der Waals surface area (Å²) in [4.78, 5) is 0. The molecule has 0 fully saturated rings. The fraction of sp³-hybridized carbons (Fsp3) is 0. The van der Waals surface area contributed by atoms with E-state index in [1.165, 1.54) is 103 Å². The zero-order valence-electron chi connectivity index (χ0n) is 38.3. The van der Waals surface area contributed by atoms with Crippen molar-refractivity contribution in [2.45, 2.75) is 0 Å². The summed E-state index contributed by atoms with van der Waals surface area (Å²) >= 11 is 0. The summed E-state index contributed by atoms with van der Waals surface area (Å²) in [6.07, 6.45) is 0. The second-order valence-corrected chi connectivity index (χ2v) is 22.2. The van der Waals surface area contributed by atoms with Gasteiger partial charge >= 0.3 is 0 Å². The van der Waals surface area contributed by atoms with Gasteiger partial charge in [-0.05, 0) is 99.1 Å². The van der Waals surface area contributed by atoms with Crippen LogP contribution in [0.1, 0.15) is 0 Å². The van der Waals surface area contributed by atoms with Gasteiger partial charge in [0.25, 0.3) is 0 Å². The van der Waals surface area contributed by atoms with Crippen molar-refractivity contribution in [3.8, 4) is 28.2 Å². The third kappa shape index (κ3) is 6.00. The first-order chi connectivity index (χ1) is 34.8. The Kier molecular flexibility index (Phi) is 9.23. The number of nitrogens with zero attached hydrogens (tertiary/aromatic N) is 3. The maximum absolute atomic E-state index is 2.76. The SMILES string of the molecule is c1ccc([Si](c2ccccc2)(c2ccccc2)c2cccc(-n3c4ccccc4c4cc(-n5c6ccccc6c6cc(-c7ccccc7-n7c8ccccc8c8ccccc87)ccc65)ccc43)c2)cc1. The summed E-state index contributed by atoms with van der Waals surface area (Å²) in [6.45, 7) is 0. The molecule has 0 radical (unpaired) electrons. The second kappa shape index (κ2) is 16.1. The van der Waals surface area contributed by atoms with E-state index < -0.39 is 8.07 Å². The zero-order valence-corrected chi connectivity index (χ0v) is 39.3. The van der Waals surface area contributed by atoms with E-state index in [4.69, 9.17) is 0 Å². The molecular weight excluding hydrogens is 863 g/mol. The molecule has 11 aromatic carbocycles. The Morgan fingerprint density at radius 3 is 1.16 bits per heavy atom. The molecule has 328 valence electrons. The molecule has 0 aliphatic carbocycles. The lowest BCUT2D eigenvalue weighted by molar-refractivity contribution is 1.17. The lowest BCUT2D eigenvalue weighted by Crippen LogP contribution is -2.74. The summed E-state index contributed by atoms with van der Waals surface area (Å²) in [5, 5.41) is 12.9. The van der Waals surface area contributed by atoms with E-state index in [1.807, 2.05) is 0 Å². The molecule has 3 heterocycles. The Hall–Kier alpha value is -8.96. The number of hydrogen-bond acceptors (Lipinski definition) is 0. The van der Waals surface area contributed by atoms with Crippen LogP contribution in [0.5, 0.6) is 0 Å². The lowest BCUT2D eigenvalue weighted by atomic mass is 10.0. The molecule has 4 heteroatoms. The van der Waals surface area contributed by atoms with Crippen molar-refractivity contribution in [1.29, 1.82) is 0 Å². The molecule has 3 nitrogen and oxygen atoms in total. The van der Waals surface area contributed by atoms with Crippen LogP contribution >= 0.6 is 0 Å². The van der Waals surface area contributed by atoms with E-state index in [0.717, 1.165) is 11.4 Å². The Morgan fingerprint density at radius 1 is 0.229 bits per heavy atom. The van der Waals surface area contributed by atoms with Gasteiger partial charge in [-0.25, -0.2) is 0 Å². The average Bonchev–Trinajstić information content (AvgIpc) is 4.07. The summed E-state index contributed by atoms with van der Waals surface area (Å²) in [7, 11) is -2.76. The van der Waals surface area contributed by atoms with Crippen LogP contribution in [0.3, 0.4) is 0 Å². The molecule has 0 saturated heterocycles. The van der Waals surface area contributed by atoms with Crippen molar-refractivity contribution in [1.82, 2.24) is 13.7 Å². The molecule has 0 saturated carbocycles. The molecule has 0 unspecified atom stereocenters. The van der Waals surface area contributed by atoms with Crippen LogP contribution in [-0.2, 0) is 0 Å². The maximum atomic E-state index is 2.48. The zero-order chi connectivity index (χ0) is 46.2. The molecule has 14 aromatic rings. The van der Waals surface area contributed by atoms with Crippen molar-refractivity contribution < 1.29 is 0 Å². The highest BCUT2D eigenvalue weighted by Gasteiger charge is 2.41. The standard InChI is InChI=1S/C66H45N3Si/c1-4-22-49(23-5-1)70(50-24-6-2-7-25-50,51-26-8-3-9-27-51)52-28-20-21-47(44-52)67-62-36-17-14-33-57(62)59-45-48(40-42-66(59)67)68-61-35-16-13-32-56(61)58-43-46(39-41-65(58)68)53-29-10-15-34-60(53)69-63-37-18-11-30-54(63)55-31-12-19-38-64(55)69/h1-45H. The third-order valence-corrected chi connectivity index (χ3v) is 19.6. The minimum absolute atomic E-state index is 1.14. The molecule has 0 N–H and O–H groups in total. The Labute approximate surface area is 407 Å². The molecule has 0 aliphatic heterocycles. The summed E-state index contributed by atoms with van der Waals surface area (Å²) < 4.78 is 7.37. The van der Waals surface area contributed by atoms with Crippen LogP contribution in [0.25, 0.3) is 93.6 Å². The first kappa shape index (κ1) is 40.1. The van der Waals surface area contributed by atoms with Gasteiger partial charge < -0.3 is 13.7 Å². The van der Waals surface area contributed by atoms with Gasteiger partial charge in [-0.15, -0.1) is 0 Å². The van der Waals surface area contributed by atoms with Crippen LogP contribution in [0.15, 0.2) is 273 Å². The monoisotopic (exact) mass is 907 g/mol. The Morgan fingerprint density at radius 2 is 0.614 bits per heavy atom. The Bertz CT molecular complexity index is 4150. The molecule has 0 atom stereocenters. The maximum Gasteiger partial charge on any atom is 0.179 e. The number of benzene rings is 11. The molecule has 14 rings (SSSR count). The van der Waals surface area contributed by atoms with E-state index in [-0.39, 0.29) is 0 Å². The van der Waals surface area contributed by atoms with E-state index in [1.54, 1.807) is 0 Å². The third-order valence-electron chi connectivity index (χ3n) is 14.8. The molecule has 3 aromatic heterocycles. The highest BCUT2D eigenvalue weighted by Crippen LogP contribution is 2.41. The lowest BCUT2D eigenvalue weighted by Gasteiger charge is -2.34. The summed E-state index contributed by atoms with van der Waals surface area (Å²) in [6, 6.07) is 101. The number of rotatable bonds is 8. The Balaban J connectivity index is 0.940. The van der Waals surface area contributed by atoms with E-state index in [0.29, 0.717) is 0 Å². The van der Waals surface area contributed by atoms with Crippen molar-refractivity contribution >= 4 is 94.2 Å². The fourth-order valence-electron chi connectivity index (χ4n) is 11.8. The van der Waals surface area contributed by atoms with Crippen LogP contribution in [0.4, 0.5) is 0 Å². The molecule has 0 bridgehead atoms. The first-order valence-electron chi connectivity index (χ1n) is 24.2. The molecule has 0 amide bonds. The van der Waals surface area contributed by atoms with Crippen LogP contribution in [0, 0.1) is 0 Å². The van der Waals surface area contributed by atoms with Crippen molar-refractivity contribution in [3.05, 3.63) is 273 Å². The van der Waals surface area contributed by atoms with Gasteiger partial charge in [-0.3, -0.25) is 0 Å². The van der Waals surface area contributed by atoms with E-state index in [9.17, 15) is 0 Å². The summed E-state index contributed by atoms with van der Waals surface area (Å²) in [5.41, 5.74) is 13.0. The van der Waals surface area contributed by atoms with E-state index in [2.05, 4.69) is 287 Å². The number of hydrogen-bond donors (Lipinski definition) is 0. The minimum atomic E-state index is -2.76. The second-order valence-electron chi connectivity index (χ2n) is 18.4. The van der Waals surface area contributed by atoms with Gasteiger partial charge in [0.15, 0.2) is 8.07 Å². The van der Waals surface area contributed by atoms with Gasteiger partial charge in [-0.2, -0.15) is 0 Å². The van der Waals surface area contributed by atoms with Crippen LogP contribution < -0.4 is 20.7 Å². The predicted octanol–water partition coefficient (Wildman–Crippen LogP) is 14.0. The fourth-order valence-corrected chi connectivity index (χ4v) is 16.6. The van der Waals surface area contributed by atoms with Crippen molar-refractivity contribution in [3.63, 3.8) is 0 Å². The topological polar surface area (TPSA) is 14.8 Å². The number of fused-ring (bicyclic) bond motifs is 9. The normalized spacial score (nSPS) is 12.0. The van der Waals surface area contributed by atoms with Gasteiger partial charge in [0.05, 0.1) is 38.8 Å². The number of para-hydroxylation sites is 5. The van der Waals surface area contributed by atoms with Gasteiger partial charge in [0, 0.05) is 49.3 Å². The predicted molar refractivity (Wildman–Crippen MR) is 299 cm³/mol. The largest absolute Gasteiger partial charge is 0.309 e. The van der Waals surface area contributed by atoms with Crippen LogP contribution in [-0.4, -0.2) is 21.8 Å². The smallest absolute Gasteiger partial charge is 0.179 e. The van der Waals surface area contributed by atoms with Gasteiger partial charge in [0.2, 0.25) is 0 Å².